The number of fused-ring (bicyclic) bond motifs is 1. The molecule has 0 N–H and O–H groups in total. The number of rotatable bonds is 4. The Morgan fingerprint density at radius 2 is 1.94 bits per heavy atom. The second-order valence-corrected chi connectivity index (χ2v) is 8.49. The summed E-state index contributed by atoms with van der Waals surface area (Å²) in [5.41, 5.74) is 1.15. The van der Waals surface area contributed by atoms with E-state index in [-0.39, 0.29) is 36.9 Å². The SMILES string of the molecule is CC[C@@H]1C(=O)N(C)c2cnc(-n3ccnc3-c3ccc(F)cc3)nc2N1C1CCC(F)(F)C1. The molecule has 1 aromatic carbocycles. The van der Waals surface area contributed by atoms with E-state index >= 15 is 0 Å². The molecule has 3 heterocycles. The third kappa shape index (κ3) is 3.63. The van der Waals surface area contributed by atoms with E-state index in [9.17, 15) is 18.0 Å². The quantitative estimate of drug-likeness (QED) is 0.588. The number of anilines is 2. The minimum absolute atomic E-state index is 0.161. The summed E-state index contributed by atoms with van der Waals surface area (Å²) in [7, 11) is 1.65. The molecule has 1 unspecified atom stereocenters. The van der Waals surface area contributed by atoms with Gasteiger partial charge in [-0.25, -0.2) is 23.1 Å². The lowest BCUT2D eigenvalue weighted by molar-refractivity contribution is -0.120. The predicted molar refractivity (Wildman–Crippen MR) is 117 cm³/mol. The second-order valence-electron chi connectivity index (χ2n) is 8.49. The Balaban J connectivity index is 1.61. The van der Waals surface area contributed by atoms with E-state index in [1.807, 2.05) is 6.92 Å². The summed E-state index contributed by atoms with van der Waals surface area (Å²) in [5.74, 6) is -2.02. The standard InChI is InChI=1S/C23H23F3N6O/c1-3-17-21(33)30(2)18-13-28-22(29-20(18)32(17)16-8-9-23(25,26)12-16)31-11-10-27-19(31)14-4-6-15(24)7-5-14/h4-7,10-11,13,16-17H,3,8-9,12H2,1-2H3/t16?,17-/m1/s1. The van der Waals surface area contributed by atoms with E-state index in [1.165, 1.54) is 23.2 Å². The average molecular weight is 456 g/mol. The maximum absolute atomic E-state index is 14.1. The highest BCUT2D eigenvalue weighted by atomic mass is 19.3. The lowest BCUT2D eigenvalue weighted by Crippen LogP contribution is -2.56. The monoisotopic (exact) mass is 456 g/mol. The molecular weight excluding hydrogens is 433 g/mol. The highest BCUT2D eigenvalue weighted by Crippen LogP contribution is 2.44. The van der Waals surface area contributed by atoms with E-state index in [0.29, 0.717) is 29.3 Å². The zero-order valence-electron chi connectivity index (χ0n) is 18.3. The number of carbonyl (C=O) groups is 1. The normalized spacial score (nSPS) is 22.0. The number of carbonyl (C=O) groups excluding carboxylic acids is 1. The average Bonchev–Trinajstić information content (AvgIpc) is 3.42. The third-order valence-corrected chi connectivity index (χ3v) is 6.41. The van der Waals surface area contributed by atoms with Gasteiger partial charge in [0.1, 0.15) is 23.4 Å². The lowest BCUT2D eigenvalue weighted by atomic mass is 10.0. The number of imidazole rings is 1. The summed E-state index contributed by atoms with van der Waals surface area (Å²) in [6.45, 7) is 1.87. The van der Waals surface area contributed by atoms with Crippen LogP contribution in [0.5, 0.6) is 0 Å². The molecule has 1 aliphatic carbocycles. The van der Waals surface area contributed by atoms with E-state index in [0.717, 1.165) is 0 Å². The first-order chi connectivity index (χ1) is 15.8. The van der Waals surface area contributed by atoms with Gasteiger partial charge in [-0.1, -0.05) is 6.92 Å². The van der Waals surface area contributed by atoms with E-state index in [2.05, 4.69) is 9.97 Å². The van der Waals surface area contributed by atoms with Gasteiger partial charge in [0.05, 0.1) is 6.20 Å². The minimum Gasteiger partial charge on any atom is -0.339 e. The van der Waals surface area contributed by atoms with Crippen molar-refractivity contribution < 1.29 is 18.0 Å². The van der Waals surface area contributed by atoms with Gasteiger partial charge in [-0.2, -0.15) is 4.98 Å². The van der Waals surface area contributed by atoms with Crippen LogP contribution < -0.4 is 9.80 Å². The fraction of sp³-hybridized carbons (Fsp3) is 0.391. The van der Waals surface area contributed by atoms with Gasteiger partial charge >= 0.3 is 0 Å². The molecule has 0 saturated heterocycles. The van der Waals surface area contributed by atoms with E-state index in [4.69, 9.17) is 4.98 Å². The summed E-state index contributed by atoms with van der Waals surface area (Å²) in [6.07, 6.45) is 5.03. The summed E-state index contributed by atoms with van der Waals surface area (Å²) in [4.78, 5) is 29.8. The fourth-order valence-electron chi connectivity index (χ4n) is 4.75. The molecule has 5 rings (SSSR count). The third-order valence-electron chi connectivity index (χ3n) is 6.41. The number of aromatic nitrogens is 4. The first-order valence-electron chi connectivity index (χ1n) is 10.9. The minimum atomic E-state index is -2.76. The van der Waals surface area contributed by atoms with E-state index < -0.39 is 18.0 Å². The number of amides is 1. The molecule has 1 fully saturated rings. The van der Waals surface area contributed by atoms with Crippen molar-refractivity contribution in [1.29, 1.82) is 0 Å². The van der Waals surface area contributed by atoms with Gasteiger partial charge in [-0.15, -0.1) is 0 Å². The number of nitrogens with zero attached hydrogens (tertiary/aromatic N) is 6. The van der Waals surface area contributed by atoms with Crippen LogP contribution in [0.3, 0.4) is 0 Å². The van der Waals surface area contributed by atoms with Crippen LogP contribution in [0.1, 0.15) is 32.6 Å². The van der Waals surface area contributed by atoms with E-state index in [1.54, 1.807) is 41.0 Å². The van der Waals surface area contributed by atoms with Crippen LogP contribution in [0.15, 0.2) is 42.9 Å². The maximum atomic E-state index is 14.1. The van der Waals surface area contributed by atoms with Gasteiger partial charge in [-0.05, 0) is 37.1 Å². The Bertz CT molecular complexity index is 1200. The molecule has 0 bridgehead atoms. The van der Waals surface area contributed by atoms with Gasteiger partial charge in [0.2, 0.25) is 17.8 Å². The van der Waals surface area contributed by atoms with Gasteiger partial charge in [0, 0.05) is 43.9 Å². The van der Waals surface area contributed by atoms with Crippen molar-refractivity contribution in [2.24, 2.45) is 0 Å². The molecule has 172 valence electrons. The number of benzene rings is 1. The van der Waals surface area contributed by atoms with Crippen molar-refractivity contribution in [3.8, 4) is 17.3 Å². The lowest BCUT2D eigenvalue weighted by Gasteiger charge is -2.43. The number of likely N-dealkylation sites (N-methyl/N-ethyl adjacent to an activating group) is 1. The van der Waals surface area contributed by atoms with Crippen LogP contribution in [0.2, 0.25) is 0 Å². The molecule has 7 nitrogen and oxygen atoms in total. The summed E-state index contributed by atoms with van der Waals surface area (Å²) in [6, 6.07) is 4.83. The molecular formula is C23H23F3N6O. The molecule has 33 heavy (non-hydrogen) atoms. The molecule has 2 aromatic heterocycles. The Hall–Kier alpha value is -3.43. The summed E-state index contributed by atoms with van der Waals surface area (Å²) < 4.78 is 43.3. The van der Waals surface area contributed by atoms with Crippen LogP contribution >= 0.6 is 0 Å². The van der Waals surface area contributed by atoms with Crippen molar-refractivity contribution in [3.05, 3.63) is 48.7 Å². The topological polar surface area (TPSA) is 67.2 Å². The summed E-state index contributed by atoms with van der Waals surface area (Å²) >= 11 is 0. The largest absolute Gasteiger partial charge is 0.339 e. The Labute approximate surface area is 188 Å². The fourth-order valence-corrected chi connectivity index (χ4v) is 4.75. The number of alkyl halides is 2. The molecule has 2 atom stereocenters. The zero-order chi connectivity index (χ0) is 23.3. The Morgan fingerprint density at radius 3 is 2.61 bits per heavy atom. The van der Waals surface area contributed by atoms with Gasteiger partial charge in [0.25, 0.3) is 0 Å². The molecule has 10 heteroatoms. The molecule has 1 aliphatic heterocycles. The smallest absolute Gasteiger partial charge is 0.250 e. The molecule has 0 spiro atoms. The van der Waals surface area contributed by atoms with Crippen molar-refractivity contribution in [2.45, 2.75) is 50.6 Å². The summed E-state index contributed by atoms with van der Waals surface area (Å²) in [5, 5.41) is 0. The van der Waals surface area contributed by atoms with Crippen molar-refractivity contribution in [1.82, 2.24) is 19.5 Å². The van der Waals surface area contributed by atoms with Crippen LogP contribution in [-0.2, 0) is 4.79 Å². The molecule has 1 amide bonds. The maximum Gasteiger partial charge on any atom is 0.250 e. The Morgan fingerprint density at radius 1 is 1.18 bits per heavy atom. The molecule has 1 saturated carbocycles. The van der Waals surface area contributed by atoms with Crippen LogP contribution in [-0.4, -0.2) is 50.5 Å². The molecule has 2 aliphatic rings. The van der Waals surface area contributed by atoms with Crippen molar-refractivity contribution in [3.63, 3.8) is 0 Å². The van der Waals surface area contributed by atoms with Crippen LogP contribution in [0.4, 0.5) is 24.7 Å². The molecule has 0 radical (unpaired) electrons. The van der Waals surface area contributed by atoms with Gasteiger partial charge in [0.15, 0.2) is 5.82 Å². The van der Waals surface area contributed by atoms with Gasteiger partial charge in [-0.3, -0.25) is 9.36 Å². The van der Waals surface area contributed by atoms with Gasteiger partial charge < -0.3 is 9.80 Å². The Kier molecular flexibility index (Phi) is 5.10. The first kappa shape index (κ1) is 21.4. The number of hydrogen-bond donors (Lipinski definition) is 0. The zero-order valence-corrected chi connectivity index (χ0v) is 18.3. The second kappa shape index (κ2) is 7.86. The highest BCUT2D eigenvalue weighted by molar-refractivity contribution is 6.04. The first-order valence-corrected chi connectivity index (χ1v) is 10.9. The number of hydrogen-bond acceptors (Lipinski definition) is 5. The highest BCUT2D eigenvalue weighted by Gasteiger charge is 2.48. The predicted octanol–water partition coefficient (Wildman–Crippen LogP) is 4.22. The van der Waals surface area contributed by atoms with Crippen molar-refractivity contribution in [2.75, 3.05) is 16.8 Å². The molecule has 3 aromatic rings. The van der Waals surface area contributed by atoms with Crippen molar-refractivity contribution >= 4 is 17.4 Å². The number of halogens is 3. The van der Waals surface area contributed by atoms with Crippen LogP contribution in [0, 0.1) is 5.82 Å². The van der Waals surface area contributed by atoms with Crippen LogP contribution in [0.25, 0.3) is 17.3 Å².